The van der Waals surface area contributed by atoms with Gasteiger partial charge in [-0.05, 0) is 25.5 Å². The first-order chi connectivity index (χ1) is 6.29. The average Bonchev–Trinajstić information content (AvgIpc) is 2.62. The molecular formula is C10H12FNO. The molecule has 0 spiro atoms. The molecule has 1 aromatic rings. The van der Waals surface area contributed by atoms with E-state index in [-0.39, 0.29) is 11.8 Å². The molecule has 2 nitrogen and oxygen atoms in total. The molecule has 1 aliphatic heterocycles. The molecule has 70 valence electrons. The molecule has 1 heterocycles. The van der Waals surface area contributed by atoms with Gasteiger partial charge in [-0.1, -0.05) is 12.1 Å². The highest BCUT2D eigenvalue weighted by Crippen LogP contribution is 2.31. The topological polar surface area (TPSA) is 32.3 Å². The lowest BCUT2D eigenvalue weighted by atomic mass is 10.0. The minimum absolute atomic E-state index is 0.121. The van der Waals surface area contributed by atoms with Crippen molar-refractivity contribution in [3.8, 4) is 5.75 Å². The van der Waals surface area contributed by atoms with Gasteiger partial charge in [-0.2, -0.15) is 0 Å². The second kappa shape index (κ2) is 3.34. The zero-order valence-corrected chi connectivity index (χ0v) is 7.26. The standard InChI is InChI=1S/C10H12FNO/c11-8-4-1-3-7(10(8)13)9-5-2-6-12-9/h1,3-4,9,12-13H,2,5-6H2/t9-/m1/s1. The SMILES string of the molecule is Oc1c(F)cccc1[C@H]1CCCN1. The van der Waals surface area contributed by atoms with E-state index in [1.807, 2.05) is 0 Å². The molecule has 1 aliphatic rings. The lowest BCUT2D eigenvalue weighted by molar-refractivity contribution is 0.417. The Bertz CT molecular complexity index is 308. The molecule has 1 aromatic carbocycles. The van der Waals surface area contributed by atoms with Gasteiger partial charge >= 0.3 is 0 Å². The Hall–Kier alpha value is -1.09. The number of hydrogen-bond acceptors (Lipinski definition) is 2. The van der Waals surface area contributed by atoms with Crippen molar-refractivity contribution in [2.24, 2.45) is 0 Å². The molecule has 0 radical (unpaired) electrons. The predicted octanol–water partition coefficient (Wildman–Crippen LogP) is 1.96. The van der Waals surface area contributed by atoms with Crippen LogP contribution in [0.25, 0.3) is 0 Å². The van der Waals surface area contributed by atoms with Gasteiger partial charge in [0.05, 0.1) is 0 Å². The van der Waals surface area contributed by atoms with Crippen molar-refractivity contribution in [1.82, 2.24) is 5.32 Å². The fourth-order valence-electron chi connectivity index (χ4n) is 1.76. The number of phenols is 1. The van der Waals surface area contributed by atoms with E-state index in [0.29, 0.717) is 5.56 Å². The van der Waals surface area contributed by atoms with Crippen molar-refractivity contribution in [2.45, 2.75) is 18.9 Å². The third-order valence-corrected chi connectivity index (χ3v) is 2.45. The molecule has 0 amide bonds. The Kier molecular flexibility index (Phi) is 2.19. The minimum Gasteiger partial charge on any atom is -0.505 e. The summed E-state index contributed by atoms with van der Waals surface area (Å²) >= 11 is 0. The third-order valence-electron chi connectivity index (χ3n) is 2.45. The van der Waals surface area contributed by atoms with Crippen LogP contribution in [0.5, 0.6) is 5.75 Å². The summed E-state index contributed by atoms with van der Waals surface area (Å²) in [6.45, 7) is 0.945. The molecule has 1 saturated heterocycles. The first-order valence-electron chi connectivity index (χ1n) is 4.50. The van der Waals surface area contributed by atoms with E-state index in [9.17, 15) is 9.50 Å². The summed E-state index contributed by atoms with van der Waals surface area (Å²) in [7, 11) is 0. The number of nitrogens with one attached hydrogen (secondary N) is 1. The second-order valence-electron chi connectivity index (χ2n) is 3.33. The largest absolute Gasteiger partial charge is 0.505 e. The number of aromatic hydroxyl groups is 1. The molecule has 0 unspecified atom stereocenters. The summed E-state index contributed by atoms with van der Waals surface area (Å²) in [5.41, 5.74) is 0.678. The molecule has 0 aromatic heterocycles. The maximum absolute atomic E-state index is 13.0. The van der Waals surface area contributed by atoms with Gasteiger partial charge in [0, 0.05) is 11.6 Å². The third kappa shape index (κ3) is 1.52. The van der Waals surface area contributed by atoms with Crippen LogP contribution in [0.15, 0.2) is 18.2 Å². The fourth-order valence-corrected chi connectivity index (χ4v) is 1.76. The van der Waals surface area contributed by atoms with Crippen molar-refractivity contribution in [1.29, 1.82) is 0 Å². The van der Waals surface area contributed by atoms with E-state index in [1.165, 1.54) is 6.07 Å². The van der Waals surface area contributed by atoms with Crippen molar-refractivity contribution in [2.75, 3.05) is 6.54 Å². The monoisotopic (exact) mass is 181 g/mol. The van der Waals surface area contributed by atoms with Gasteiger partial charge in [-0.15, -0.1) is 0 Å². The van der Waals surface area contributed by atoms with E-state index in [2.05, 4.69) is 5.32 Å². The lowest BCUT2D eigenvalue weighted by Crippen LogP contribution is -2.13. The van der Waals surface area contributed by atoms with E-state index < -0.39 is 5.82 Å². The highest BCUT2D eigenvalue weighted by Gasteiger charge is 2.20. The average molecular weight is 181 g/mol. The Balaban J connectivity index is 2.33. The Labute approximate surface area is 76.4 Å². The first kappa shape index (κ1) is 8.51. The van der Waals surface area contributed by atoms with Crippen molar-refractivity contribution in [3.63, 3.8) is 0 Å². The summed E-state index contributed by atoms with van der Waals surface area (Å²) in [4.78, 5) is 0. The lowest BCUT2D eigenvalue weighted by Gasteiger charge is -2.12. The van der Waals surface area contributed by atoms with Crippen molar-refractivity contribution < 1.29 is 9.50 Å². The van der Waals surface area contributed by atoms with E-state index in [0.717, 1.165) is 19.4 Å². The van der Waals surface area contributed by atoms with Crippen LogP contribution in [0.3, 0.4) is 0 Å². The van der Waals surface area contributed by atoms with Crippen LogP contribution in [0.2, 0.25) is 0 Å². The van der Waals surface area contributed by atoms with Gasteiger partial charge in [0.15, 0.2) is 11.6 Å². The summed E-state index contributed by atoms with van der Waals surface area (Å²) in [6, 6.07) is 4.79. The van der Waals surface area contributed by atoms with E-state index in [4.69, 9.17) is 0 Å². The Morgan fingerprint density at radius 3 is 3.00 bits per heavy atom. The van der Waals surface area contributed by atoms with Crippen LogP contribution >= 0.6 is 0 Å². The molecule has 0 aliphatic carbocycles. The van der Waals surface area contributed by atoms with Crippen molar-refractivity contribution >= 4 is 0 Å². The van der Waals surface area contributed by atoms with Gasteiger partial charge in [0.1, 0.15) is 0 Å². The van der Waals surface area contributed by atoms with E-state index >= 15 is 0 Å². The maximum atomic E-state index is 13.0. The summed E-state index contributed by atoms with van der Waals surface area (Å²) < 4.78 is 13.0. The second-order valence-corrected chi connectivity index (χ2v) is 3.33. The number of para-hydroxylation sites is 1. The molecular weight excluding hydrogens is 169 g/mol. The van der Waals surface area contributed by atoms with Crippen LogP contribution in [0, 0.1) is 5.82 Å². The molecule has 2 N–H and O–H groups in total. The Morgan fingerprint density at radius 2 is 2.31 bits per heavy atom. The van der Waals surface area contributed by atoms with Gasteiger partial charge in [0.2, 0.25) is 0 Å². The fraction of sp³-hybridized carbons (Fsp3) is 0.400. The van der Waals surface area contributed by atoms with Crippen molar-refractivity contribution in [3.05, 3.63) is 29.6 Å². The molecule has 1 atom stereocenters. The number of rotatable bonds is 1. The normalized spacial score (nSPS) is 22.1. The summed E-state index contributed by atoms with van der Waals surface area (Å²) in [5, 5.41) is 12.7. The maximum Gasteiger partial charge on any atom is 0.165 e. The summed E-state index contributed by atoms with van der Waals surface area (Å²) in [6.07, 6.45) is 2.05. The molecule has 0 bridgehead atoms. The molecule has 2 rings (SSSR count). The number of benzene rings is 1. The zero-order chi connectivity index (χ0) is 9.26. The quantitative estimate of drug-likeness (QED) is 0.694. The van der Waals surface area contributed by atoms with Crippen LogP contribution in [0.4, 0.5) is 4.39 Å². The minimum atomic E-state index is -0.536. The smallest absolute Gasteiger partial charge is 0.165 e. The van der Waals surface area contributed by atoms with Crippen LogP contribution in [-0.2, 0) is 0 Å². The van der Waals surface area contributed by atoms with Crippen LogP contribution in [-0.4, -0.2) is 11.7 Å². The molecule has 0 saturated carbocycles. The zero-order valence-electron chi connectivity index (χ0n) is 7.26. The van der Waals surface area contributed by atoms with Crippen LogP contribution < -0.4 is 5.32 Å². The first-order valence-corrected chi connectivity index (χ1v) is 4.50. The molecule has 3 heteroatoms. The van der Waals surface area contributed by atoms with E-state index in [1.54, 1.807) is 12.1 Å². The Morgan fingerprint density at radius 1 is 1.46 bits per heavy atom. The predicted molar refractivity (Wildman–Crippen MR) is 48.0 cm³/mol. The highest BCUT2D eigenvalue weighted by atomic mass is 19.1. The molecule has 1 fully saturated rings. The van der Waals surface area contributed by atoms with Crippen LogP contribution in [0.1, 0.15) is 24.4 Å². The van der Waals surface area contributed by atoms with Gasteiger partial charge < -0.3 is 10.4 Å². The van der Waals surface area contributed by atoms with Gasteiger partial charge in [-0.3, -0.25) is 0 Å². The van der Waals surface area contributed by atoms with Gasteiger partial charge in [0.25, 0.3) is 0 Å². The number of phenolic OH excluding ortho intramolecular Hbond substituents is 1. The number of halogens is 1. The number of hydrogen-bond donors (Lipinski definition) is 2. The van der Waals surface area contributed by atoms with Gasteiger partial charge in [-0.25, -0.2) is 4.39 Å². The summed E-state index contributed by atoms with van der Waals surface area (Å²) in [5.74, 6) is -0.742. The molecule has 13 heavy (non-hydrogen) atoms. The highest BCUT2D eigenvalue weighted by molar-refractivity contribution is 5.36.